The van der Waals surface area contributed by atoms with Gasteiger partial charge in [-0.1, -0.05) is 41.9 Å². The molecule has 3 heteroatoms. The average Bonchev–Trinajstić information content (AvgIpc) is 2.52. The minimum atomic E-state index is 0.106. The lowest BCUT2D eigenvalue weighted by Gasteiger charge is -2.20. The van der Waals surface area contributed by atoms with Gasteiger partial charge in [0.15, 0.2) is 0 Å². The Balaban J connectivity index is 2.16. The number of aryl methyl sites for hydroxylation is 1. The molecule has 0 spiro atoms. The number of rotatable bonds is 3. The lowest BCUT2D eigenvalue weighted by Crippen LogP contribution is -2.18. The SMILES string of the molecule is CNC(c1ccc(C)c(Cl)c1)c1cccc2cnccc12. The summed E-state index contributed by atoms with van der Waals surface area (Å²) >= 11 is 6.28. The van der Waals surface area contributed by atoms with Crippen LogP contribution in [0.25, 0.3) is 10.8 Å². The standard InChI is InChI=1S/C18H17ClN2/c1-12-6-7-13(10-17(12)19)18(20-2)16-5-3-4-14-11-21-9-8-15(14)16/h3-11,18,20H,1-2H3. The molecular formula is C18H17ClN2. The van der Waals surface area contributed by atoms with Crippen molar-refractivity contribution in [1.29, 1.82) is 0 Å². The molecule has 1 unspecified atom stereocenters. The van der Waals surface area contributed by atoms with Crippen LogP contribution in [0.5, 0.6) is 0 Å². The number of aromatic nitrogens is 1. The fourth-order valence-electron chi connectivity index (χ4n) is 2.69. The molecule has 0 radical (unpaired) electrons. The Bertz CT molecular complexity index is 778. The molecule has 3 aromatic rings. The maximum atomic E-state index is 6.28. The Kier molecular flexibility index (Phi) is 3.91. The summed E-state index contributed by atoms with van der Waals surface area (Å²) in [5, 5.41) is 6.55. The molecule has 0 saturated carbocycles. The highest BCUT2D eigenvalue weighted by Gasteiger charge is 2.15. The van der Waals surface area contributed by atoms with Gasteiger partial charge in [-0.25, -0.2) is 0 Å². The quantitative estimate of drug-likeness (QED) is 0.769. The minimum Gasteiger partial charge on any atom is -0.309 e. The van der Waals surface area contributed by atoms with Gasteiger partial charge in [-0.15, -0.1) is 0 Å². The summed E-state index contributed by atoms with van der Waals surface area (Å²) in [6, 6.07) is 14.7. The average molecular weight is 297 g/mol. The summed E-state index contributed by atoms with van der Waals surface area (Å²) in [4.78, 5) is 4.20. The zero-order valence-electron chi connectivity index (χ0n) is 12.1. The topological polar surface area (TPSA) is 24.9 Å². The van der Waals surface area contributed by atoms with Crippen LogP contribution in [-0.4, -0.2) is 12.0 Å². The first-order valence-electron chi connectivity index (χ1n) is 6.96. The van der Waals surface area contributed by atoms with E-state index in [9.17, 15) is 0 Å². The van der Waals surface area contributed by atoms with E-state index in [-0.39, 0.29) is 6.04 Å². The summed E-state index contributed by atoms with van der Waals surface area (Å²) in [5.74, 6) is 0. The number of hydrogen-bond donors (Lipinski definition) is 1. The van der Waals surface area contributed by atoms with Crippen LogP contribution < -0.4 is 5.32 Å². The summed E-state index contributed by atoms with van der Waals surface area (Å²) in [7, 11) is 1.97. The van der Waals surface area contributed by atoms with Crippen molar-refractivity contribution in [2.24, 2.45) is 0 Å². The molecular weight excluding hydrogens is 280 g/mol. The molecule has 1 heterocycles. The van der Waals surface area contributed by atoms with Crippen LogP contribution in [-0.2, 0) is 0 Å². The van der Waals surface area contributed by atoms with Gasteiger partial charge in [0.1, 0.15) is 0 Å². The minimum absolute atomic E-state index is 0.106. The fourth-order valence-corrected chi connectivity index (χ4v) is 2.88. The van der Waals surface area contributed by atoms with E-state index in [1.165, 1.54) is 10.9 Å². The van der Waals surface area contributed by atoms with E-state index < -0.39 is 0 Å². The van der Waals surface area contributed by atoms with E-state index in [1.807, 2.05) is 32.4 Å². The first kappa shape index (κ1) is 14.1. The van der Waals surface area contributed by atoms with E-state index in [0.29, 0.717) is 0 Å². The Hall–Kier alpha value is -1.90. The van der Waals surface area contributed by atoms with Gasteiger partial charge in [-0.2, -0.15) is 0 Å². The van der Waals surface area contributed by atoms with Crippen molar-refractivity contribution in [3.05, 3.63) is 76.6 Å². The second-order valence-electron chi connectivity index (χ2n) is 5.17. The molecule has 0 aliphatic rings. The molecule has 0 saturated heterocycles. The summed E-state index contributed by atoms with van der Waals surface area (Å²) in [5.41, 5.74) is 3.49. The zero-order chi connectivity index (χ0) is 14.8. The third-order valence-electron chi connectivity index (χ3n) is 3.84. The van der Waals surface area contributed by atoms with Crippen molar-refractivity contribution in [3.63, 3.8) is 0 Å². The maximum Gasteiger partial charge on any atom is 0.0580 e. The van der Waals surface area contributed by atoms with Gasteiger partial charge in [0, 0.05) is 22.8 Å². The molecule has 1 atom stereocenters. The van der Waals surface area contributed by atoms with Crippen molar-refractivity contribution in [2.75, 3.05) is 7.05 Å². The van der Waals surface area contributed by atoms with Crippen LogP contribution in [0.2, 0.25) is 5.02 Å². The van der Waals surface area contributed by atoms with Gasteiger partial charge >= 0.3 is 0 Å². The lowest BCUT2D eigenvalue weighted by molar-refractivity contribution is 0.696. The highest BCUT2D eigenvalue weighted by atomic mass is 35.5. The Morgan fingerprint density at radius 1 is 1.14 bits per heavy atom. The third-order valence-corrected chi connectivity index (χ3v) is 4.25. The van der Waals surface area contributed by atoms with Crippen LogP contribution in [0.4, 0.5) is 0 Å². The summed E-state index contributed by atoms with van der Waals surface area (Å²) < 4.78 is 0. The van der Waals surface area contributed by atoms with Crippen LogP contribution in [0.15, 0.2) is 54.9 Å². The molecule has 0 aliphatic heterocycles. The van der Waals surface area contributed by atoms with Gasteiger partial charge in [0.05, 0.1) is 6.04 Å². The number of benzene rings is 2. The van der Waals surface area contributed by atoms with Crippen LogP contribution in [0.1, 0.15) is 22.7 Å². The van der Waals surface area contributed by atoms with Gasteiger partial charge in [0.2, 0.25) is 0 Å². The second-order valence-corrected chi connectivity index (χ2v) is 5.58. The van der Waals surface area contributed by atoms with E-state index in [1.54, 1.807) is 0 Å². The van der Waals surface area contributed by atoms with Gasteiger partial charge < -0.3 is 5.32 Å². The number of nitrogens with one attached hydrogen (secondary N) is 1. The van der Waals surface area contributed by atoms with Crippen LogP contribution >= 0.6 is 11.6 Å². The fraction of sp³-hybridized carbons (Fsp3) is 0.167. The van der Waals surface area contributed by atoms with E-state index in [4.69, 9.17) is 11.6 Å². The maximum absolute atomic E-state index is 6.28. The predicted molar refractivity (Wildman–Crippen MR) is 88.8 cm³/mol. The number of halogens is 1. The second kappa shape index (κ2) is 5.84. The normalized spacial score (nSPS) is 12.5. The van der Waals surface area contributed by atoms with E-state index in [2.05, 4.69) is 46.7 Å². The van der Waals surface area contributed by atoms with Crippen LogP contribution in [0, 0.1) is 6.92 Å². The summed E-state index contributed by atoms with van der Waals surface area (Å²) in [6.07, 6.45) is 3.73. The molecule has 1 aromatic heterocycles. The lowest BCUT2D eigenvalue weighted by atomic mass is 9.94. The molecule has 0 amide bonds. The highest BCUT2D eigenvalue weighted by Crippen LogP contribution is 2.30. The molecule has 2 nitrogen and oxygen atoms in total. The number of nitrogens with zero attached hydrogens (tertiary/aromatic N) is 1. The van der Waals surface area contributed by atoms with Gasteiger partial charge in [-0.05, 0) is 48.2 Å². The van der Waals surface area contributed by atoms with Crippen molar-refractivity contribution in [2.45, 2.75) is 13.0 Å². The van der Waals surface area contributed by atoms with Crippen molar-refractivity contribution >= 4 is 22.4 Å². The first-order chi connectivity index (χ1) is 10.2. The largest absolute Gasteiger partial charge is 0.309 e. The molecule has 21 heavy (non-hydrogen) atoms. The smallest absolute Gasteiger partial charge is 0.0580 e. The molecule has 0 bridgehead atoms. The number of hydrogen-bond acceptors (Lipinski definition) is 2. The van der Waals surface area contributed by atoms with Crippen molar-refractivity contribution < 1.29 is 0 Å². The molecule has 0 aliphatic carbocycles. The molecule has 106 valence electrons. The van der Waals surface area contributed by atoms with Crippen molar-refractivity contribution in [1.82, 2.24) is 10.3 Å². The van der Waals surface area contributed by atoms with Gasteiger partial charge in [0.25, 0.3) is 0 Å². The van der Waals surface area contributed by atoms with Gasteiger partial charge in [-0.3, -0.25) is 4.98 Å². The monoisotopic (exact) mass is 296 g/mol. The van der Waals surface area contributed by atoms with E-state index >= 15 is 0 Å². The zero-order valence-corrected chi connectivity index (χ0v) is 12.9. The number of pyridine rings is 1. The number of fused-ring (bicyclic) bond motifs is 1. The Labute approximate surface area is 129 Å². The molecule has 0 fully saturated rings. The van der Waals surface area contributed by atoms with E-state index in [0.717, 1.165) is 21.5 Å². The van der Waals surface area contributed by atoms with Crippen molar-refractivity contribution in [3.8, 4) is 0 Å². The molecule has 1 N–H and O–H groups in total. The Morgan fingerprint density at radius 3 is 2.76 bits per heavy atom. The van der Waals surface area contributed by atoms with Crippen LogP contribution in [0.3, 0.4) is 0 Å². The first-order valence-corrected chi connectivity index (χ1v) is 7.34. The molecule has 2 aromatic carbocycles. The third kappa shape index (κ3) is 2.65. The summed E-state index contributed by atoms with van der Waals surface area (Å²) in [6.45, 7) is 2.02. The molecule has 3 rings (SSSR count). The Morgan fingerprint density at radius 2 is 2.00 bits per heavy atom. The highest BCUT2D eigenvalue weighted by molar-refractivity contribution is 6.31. The predicted octanol–water partition coefficient (Wildman–Crippen LogP) is 4.51.